The van der Waals surface area contributed by atoms with Crippen LogP contribution in [0.15, 0.2) is 81.6 Å². The number of allylic oxidation sites excluding steroid dienone is 4. The third-order valence-corrected chi connectivity index (χ3v) is 7.30. The van der Waals surface area contributed by atoms with E-state index in [9.17, 15) is 22.8 Å². The summed E-state index contributed by atoms with van der Waals surface area (Å²) in [5.41, 5.74) is 17.6. The Morgan fingerprint density at radius 3 is 2.43 bits per heavy atom. The summed E-state index contributed by atoms with van der Waals surface area (Å²) in [5, 5.41) is 8.11. The van der Waals surface area contributed by atoms with Crippen LogP contribution in [0.5, 0.6) is 5.75 Å². The van der Waals surface area contributed by atoms with Gasteiger partial charge in [-0.1, -0.05) is 37.0 Å². The van der Waals surface area contributed by atoms with Crippen molar-refractivity contribution in [2.24, 2.45) is 33.1 Å². The number of thiocarbonyl (C=S) groups is 1. The number of para-hydroxylation sites is 1. The topological polar surface area (TPSA) is 185 Å². The maximum absolute atomic E-state index is 13.2. The standard InChI is InChI=1S/C31H40F3N9O3S/c1-7-18(15-40-17(2)30(47)43(5)16-20(14-38-3)27(37)31(32,33)34)21-9-8-10-22(26(21)46-6)41-23(25(36)29(45)39-4)13-24(35)42-28(44)19-11-12-19/h7-10,13-15,19,41H,1,11-12,16,35-37H2,2-6H3,(H,39,45)(H,42,44)/b18-15+,24-13+,25-23+,27-20+,38-14?,40-17?. The Morgan fingerprint density at radius 1 is 1.23 bits per heavy atom. The highest BCUT2D eigenvalue weighted by atomic mass is 32.1. The van der Waals surface area contributed by atoms with E-state index in [1.54, 1.807) is 25.1 Å². The molecule has 0 bridgehead atoms. The molecule has 2 rings (SSSR count). The Labute approximate surface area is 277 Å². The maximum atomic E-state index is 13.2. The number of rotatable bonds is 14. The molecule has 0 unspecified atom stereocenters. The van der Waals surface area contributed by atoms with Crippen LogP contribution in [0.1, 0.15) is 25.3 Å². The zero-order valence-corrected chi connectivity index (χ0v) is 27.6. The van der Waals surface area contributed by atoms with Crippen molar-refractivity contribution >= 4 is 52.2 Å². The van der Waals surface area contributed by atoms with Gasteiger partial charge in [-0.2, -0.15) is 13.2 Å². The molecule has 0 saturated heterocycles. The van der Waals surface area contributed by atoms with Crippen LogP contribution in [0.25, 0.3) is 5.57 Å². The van der Waals surface area contributed by atoms with Gasteiger partial charge in [-0.3, -0.25) is 19.6 Å². The molecule has 0 spiro atoms. The van der Waals surface area contributed by atoms with Gasteiger partial charge >= 0.3 is 6.18 Å². The number of nitrogens with one attached hydrogen (secondary N) is 3. The van der Waals surface area contributed by atoms with Crippen molar-refractivity contribution in [3.8, 4) is 5.75 Å². The molecule has 1 aliphatic carbocycles. The van der Waals surface area contributed by atoms with Crippen molar-refractivity contribution in [2.45, 2.75) is 25.9 Å². The molecule has 1 fully saturated rings. The molecule has 9 N–H and O–H groups in total. The molecule has 1 aromatic rings. The number of benzene rings is 1. The van der Waals surface area contributed by atoms with Gasteiger partial charge in [0.2, 0.25) is 5.91 Å². The molecule has 1 saturated carbocycles. The Kier molecular flexibility index (Phi) is 13.8. The minimum atomic E-state index is -4.73. The molecule has 2 amide bonds. The maximum Gasteiger partial charge on any atom is 0.431 e. The van der Waals surface area contributed by atoms with E-state index >= 15 is 0 Å². The van der Waals surface area contributed by atoms with Crippen LogP contribution in [0.2, 0.25) is 0 Å². The summed E-state index contributed by atoms with van der Waals surface area (Å²) in [6, 6.07) is 5.11. The first kappa shape index (κ1) is 38.1. The van der Waals surface area contributed by atoms with Gasteiger partial charge in [0.15, 0.2) is 0 Å². The fourth-order valence-corrected chi connectivity index (χ4v) is 4.16. The van der Waals surface area contributed by atoms with Crippen LogP contribution in [0.3, 0.4) is 0 Å². The summed E-state index contributed by atoms with van der Waals surface area (Å²) >= 11 is 5.46. The second-order valence-corrected chi connectivity index (χ2v) is 10.7. The summed E-state index contributed by atoms with van der Waals surface area (Å²) < 4.78 is 45.4. The molecule has 0 radical (unpaired) electrons. The number of likely N-dealkylation sites (N-methyl/N-ethyl adjacent to an activating group) is 2. The van der Waals surface area contributed by atoms with Crippen molar-refractivity contribution in [1.29, 1.82) is 0 Å². The van der Waals surface area contributed by atoms with Gasteiger partial charge in [-0.05, 0) is 25.8 Å². The molecule has 254 valence electrons. The number of ether oxygens (including phenoxy) is 1. The summed E-state index contributed by atoms with van der Waals surface area (Å²) in [6.45, 7) is 5.21. The van der Waals surface area contributed by atoms with Crippen LogP contribution in [-0.2, 0) is 9.59 Å². The van der Waals surface area contributed by atoms with Gasteiger partial charge in [0.1, 0.15) is 28.0 Å². The first-order valence-electron chi connectivity index (χ1n) is 14.1. The molecule has 0 heterocycles. The quantitative estimate of drug-likeness (QED) is 0.0746. The zero-order valence-electron chi connectivity index (χ0n) is 26.8. The van der Waals surface area contributed by atoms with Crippen molar-refractivity contribution in [1.82, 2.24) is 15.5 Å². The molecular formula is C31H40F3N9O3S. The van der Waals surface area contributed by atoms with Crippen LogP contribution < -0.4 is 37.9 Å². The van der Waals surface area contributed by atoms with E-state index in [0.29, 0.717) is 28.3 Å². The highest BCUT2D eigenvalue weighted by molar-refractivity contribution is 7.82. The van der Waals surface area contributed by atoms with Gasteiger partial charge in [0, 0.05) is 68.8 Å². The van der Waals surface area contributed by atoms with Crippen LogP contribution >= 0.6 is 12.2 Å². The number of nitrogens with zero attached hydrogens (tertiary/aromatic N) is 3. The van der Waals surface area contributed by atoms with E-state index in [0.717, 1.165) is 19.1 Å². The SMILES string of the molecule is C=C/C(=C\N=C(C)C(=S)N(C)C/C(C=NC)=C(/N)C(F)(F)F)c1cccc(NC(/C=C(\N)NC(=O)C2CC2)=C(/N)C(=O)NC)c1OC. The van der Waals surface area contributed by atoms with Crippen LogP contribution in [0.4, 0.5) is 18.9 Å². The molecular weight excluding hydrogens is 635 g/mol. The molecule has 1 aliphatic rings. The lowest BCUT2D eigenvalue weighted by atomic mass is 10.0. The van der Waals surface area contributed by atoms with Crippen molar-refractivity contribution in [3.05, 3.63) is 77.2 Å². The third kappa shape index (κ3) is 10.7. The number of hydrogen-bond acceptors (Lipinski definition) is 10. The van der Waals surface area contributed by atoms with Gasteiger partial charge in [-0.25, -0.2) is 0 Å². The second-order valence-electron chi connectivity index (χ2n) is 10.3. The highest BCUT2D eigenvalue weighted by Gasteiger charge is 2.34. The number of amides is 2. The minimum Gasteiger partial charge on any atom is -0.494 e. The smallest absolute Gasteiger partial charge is 0.431 e. The molecule has 47 heavy (non-hydrogen) atoms. The van der Waals surface area contributed by atoms with E-state index in [1.807, 2.05) is 0 Å². The number of carbonyl (C=O) groups excluding carboxylic acids is 2. The average molecular weight is 676 g/mol. The number of aliphatic imine (C=N–C) groups is 2. The number of nitrogens with two attached hydrogens (primary N) is 3. The Balaban J connectivity index is 2.46. The van der Waals surface area contributed by atoms with E-state index in [4.69, 9.17) is 34.2 Å². The number of alkyl halides is 3. The molecule has 12 nitrogen and oxygen atoms in total. The lowest BCUT2D eigenvalue weighted by Gasteiger charge is -2.22. The van der Waals surface area contributed by atoms with E-state index in [1.165, 1.54) is 51.5 Å². The Hall–Kier alpha value is -5.12. The first-order chi connectivity index (χ1) is 22.1. The average Bonchev–Trinajstić information content (AvgIpc) is 3.88. The van der Waals surface area contributed by atoms with Gasteiger partial charge in [0.05, 0.1) is 24.2 Å². The lowest BCUT2D eigenvalue weighted by Crippen LogP contribution is -2.34. The van der Waals surface area contributed by atoms with Crippen LogP contribution in [-0.4, -0.2) is 74.6 Å². The highest BCUT2D eigenvalue weighted by Crippen LogP contribution is 2.35. The predicted octanol–water partition coefficient (Wildman–Crippen LogP) is 3.07. The van der Waals surface area contributed by atoms with Crippen molar-refractivity contribution < 1.29 is 27.5 Å². The monoisotopic (exact) mass is 675 g/mol. The van der Waals surface area contributed by atoms with Crippen LogP contribution in [0, 0.1) is 5.92 Å². The van der Waals surface area contributed by atoms with Crippen molar-refractivity contribution in [3.63, 3.8) is 0 Å². The molecule has 0 aromatic heterocycles. The number of halogens is 3. The Bertz CT molecular complexity index is 1570. The molecule has 0 aliphatic heterocycles. The van der Waals surface area contributed by atoms with E-state index in [-0.39, 0.29) is 46.1 Å². The fourth-order valence-electron chi connectivity index (χ4n) is 4.04. The summed E-state index contributed by atoms with van der Waals surface area (Å²) in [6.07, 6.45) is 2.19. The summed E-state index contributed by atoms with van der Waals surface area (Å²) in [4.78, 5) is 34.3. The predicted molar refractivity (Wildman–Crippen MR) is 183 cm³/mol. The minimum absolute atomic E-state index is 0.0190. The number of anilines is 1. The second kappa shape index (κ2) is 17.0. The number of methoxy groups -OCH3 is 1. The molecule has 16 heteroatoms. The van der Waals surface area contributed by atoms with Crippen molar-refractivity contribution in [2.75, 3.05) is 40.1 Å². The van der Waals surface area contributed by atoms with E-state index in [2.05, 4.69) is 32.5 Å². The summed E-state index contributed by atoms with van der Waals surface area (Å²) in [5.74, 6) is -0.620. The molecule has 1 aromatic carbocycles. The lowest BCUT2D eigenvalue weighted by molar-refractivity contribution is -0.121. The number of hydrogen-bond donors (Lipinski definition) is 6. The summed E-state index contributed by atoms with van der Waals surface area (Å²) in [7, 11) is 5.70. The van der Waals surface area contributed by atoms with Gasteiger partial charge in [-0.15, -0.1) is 0 Å². The fraction of sp³-hybridized carbons (Fsp3) is 0.323. The number of carbonyl (C=O) groups is 2. The van der Waals surface area contributed by atoms with Gasteiger partial charge in [0.25, 0.3) is 5.91 Å². The normalized spacial score (nSPS) is 15.4. The molecule has 0 atom stereocenters. The Morgan fingerprint density at radius 2 is 1.89 bits per heavy atom. The third-order valence-electron chi connectivity index (χ3n) is 6.69. The first-order valence-corrected chi connectivity index (χ1v) is 14.5. The largest absolute Gasteiger partial charge is 0.494 e. The zero-order chi connectivity index (χ0) is 35.5. The van der Waals surface area contributed by atoms with Gasteiger partial charge < -0.3 is 42.8 Å². The van der Waals surface area contributed by atoms with E-state index < -0.39 is 17.8 Å².